The number of hydrogen-bond acceptors (Lipinski definition) is 4. The predicted octanol–water partition coefficient (Wildman–Crippen LogP) is 2.97. The summed E-state index contributed by atoms with van der Waals surface area (Å²) < 4.78 is 15.9. The fraction of sp³-hybridized carbons (Fsp3) is 0.278. The predicted molar refractivity (Wildman–Crippen MR) is 86.2 cm³/mol. The van der Waals surface area contributed by atoms with E-state index >= 15 is 0 Å². The van der Waals surface area contributed by atoms with Crippen LogP contribution in [0.4, 0.5) is 0 Å². The summed E-state index contributed by atoms with van der Waals surface area (Å²) in [5, 5.41) is 2.94. The van der Waals surface area contributed by atoms with Gasteiger partial charge in [0.25, 0.3) is 5.91 Å². The Labute approximate surface area is 135 Å². The molecule has 1 aliphatic heterocycles. The van der Waals surface area contributed by atoms with Crippen molar-refractivity contribution in [1.29, 1.82) is 0 Å². The van der Waals surface area contributed by atoms with Crippen molar-refractivity contribution >= 4 is 5.91 Å². The number of benzene rings is 2. The molecule has 2 aromatic rings. The van der Waals surface area contributed by atoms with E-state index in [1.807, 2.05) is 38.1 Å². The van der Waals surface area contributed by atoms with Gasteiger partial charge in [0.15, 0.2) is 11.5 Å². The Hall–Kier alpha value is -2.69. The SMILES string of the molecule is COc1ccc(C(=O)NCc2ccc3c(c2)OCO3)c(C)c1C. The molecule has 120 valence electrons. The highest BCUT2D eigenvalue weighted by molar-refractivity contribution is 5.96. The molecule has 0 radical (unpaired) electrons. The molecule has 1 heterocycles. The van der Waals surface area contributed by atoms with Gasteiger partial charge >= 0.3 is 0 Å². The lowest BCUT2D eigenvalue weighted by Crippen LogP contribution is -2.23. The summed E-state index contributed by atoms with van der Waals surface area (Å²) in [5.74, 6) is 2.13. The molecule has 0 aliphatic carbocycles. The highest BCUT2D eigenvalue weighted by Gasteiger charge is 2.15. The third kappa shape index (κ3) is 2.95. The molecule has 5 nitrogen and oxygen atoms in total. The maximum atomic E-state index is 12.4. The smallest absolute Gasteiger partial charge is 0.251 e. The molecule has 0 unspecified atom stereocenters. The van der Waals surface area contributed by atoms with E-state index in [1.54, 1.807) is 13.2 Å². The molecular formula is C18H19NO4. The van der Waals surface area contributed by atoms with Crippen LogP contribution in [-0.4, -0.2) is 19.8 Å². The molecule has 0 fully saturated rings. The van der Waals surface area contributed by atoms with Gasteiger partial charge in [-0.05, 0) is 54.8 Å². The fourth-order valence-electron chi connectivity index (χ4n) is 2.59. The van der Waals surface area contributed by atoms with Crippen LogP contribution in [0.15, 0.2) is 30.3 Å². The Kier molecular flexibility index (Phi) is 4.10. The maximum Gasteiger partial charge on any atom is 0.251 e. The van der Waals surface area contributed by atoms with Gasteiger partial charge in [-0.15, -0.1) is 0 Å². The zero-order valence-electron chi connectivity index (χ0n) is 13.4. The lowest BCUT2D eigenvalue weighted by atomic mass is 10.0. The lowest BCUT2D eigenvalue weighted by Gasteiger charge is -2.13. The Morgan fingerprint density at radius 1 is 1.13 bits per heavy atom. The molecular weight excluding hydrogens is 294 g/mol. The molecule has 23 heavy (non-hydrogen) atoms. The first-order valence-corrected chi connectivity index (χ1v) is 7.41. The molecule has 0 aromatic heterocycles. The summed E-state index contributed by atoms with van der Waals surface area (Å²) in [6.45, 7) is 4.55. The number of carbonyl (C=O) groups is 1. The van der Waals surface area contributed by atoms with E-state index in [1.165, 1.54) is 0 Å². The number of methoxy groups -OCH3 is 1. The average molecular weight is 313 g/mol. The van der Waals surface area contributed by atoms with Crippen molar-refractivity contribution in [3.63, 3.8) is 0 Å². The minimum atomic E-state index is -0.106. The van der Waals surface area contributed by atoms with Gasteiger partial charge in [-0.25, -0.2) is 0 Å². The summed E-state index contributed by atoms with van der Waals surface area (Å²) in [6.07, 6.45) is 0. The summed E-state index contributed by atoms with van der Waals surface area (Å²) >= 11 is 0. The van der Waals surface area contributed by atoms with Crippen LogP contribution in [0.5, 0.6) is 17.2 Å². The number of carbonyl (C=O) groups excluding carboxylic acids is 1. The quantitative estimate of drug-likeness (QED) is 0.943. The van der Waals surface area contributed by atoms with Crippen LogP contribution in [0.2, 0.25) is 0 Å². The molecule has 1 amide bonds. The van der Waals surface area contributed by atoms with Gasteiger partial charge in [0.1, 0.15) is 5.75 Å². The summed E-state index contributed by atoms with van der Waals surface area (Å²) in [4.78, 5) is 12.4. The van der Waals surface area contributed by atoms with Gasteiger partial charge in [-0.3, -0.25) is 4.79 Å². The monoisotopic (exact) mass is 313 g/mol. The van der Waals surface area contributed by atoms with E-state index in [4.69, 9.17) is 14.2 Å². The van der Waals surface area contributed by atoms with Crippen LogP contribution in [0.25, 0.3) is 0 Å². The third-order valence-corrected chi connectivity index (χ3v) is 4.09. The standard InChI is InChI=1S/C18H19NO4/c1-11-12(2)15(21-3)7-5-14(11)18(20)19-9-13-4-6-16-17(8-13)23-10-22-16/h4-8H,9-10H2,1-3H3,(H,19,20). The zero-order valence-corrected chi connectivity index (χ0v) is 13.4. The minimum absolute atomic E-state index is 0.106. The number of fused-ring (bicyclic) bond motifs is 1. The summed E-state index contributed by atoms with van der Waals surface area (Å²) in [5.41, 5.74) is 3.52. The molecule has 0 bridgehead atoms. The van der Waals surface area contributed by atoms with E-state index in [2.05, 4.69) is 5.32 Å². The van der Waals surface area contributed by atoms with Crippen molar-refractivity contribution in [2.24, 2.45) is 0 Å². The number of nitrogens with one attached hydrogen (secondary N) is 1. The van der Waals surface area contributed by atoms with Crippen molar-refractivity contribution in [3.8, 4) is 17.2 Å². The van der Waals surface area contributed by atoms with E-state index in [9.17, 15) is 4.79 Å². The van der Waals surface area contributed by atoms with E-state index in [-0.39, 0.29) is 12.7 Å². The first kappa shape index (κ1) is 15.2. The molecule has 0 saturated heterocycles. The second kappa shape index (κ2) is 6.20. The van der Waals surface area contributed by atoms with Gasteiger partial charge in [0.05, 0.1) is 7.11 Å². The van der Waals surface area contributed by atoms with Crippen LogP contribution in [0.3, 0.4) is 0 Å². The minimum Gasteiger partial charge on any atom is -0.496 e. The largest absolute Gasteiger partial charge is 0.496 e. The average Bonchev–Trinajstić information content (AvgIpc) is 3.02. The fourth-order valence-corrected chi connectivity index (χ4v) is 2.59. The molecule has 0 atom stereocenters. The van der Waals surface area contributed by atoms with Crippen LogP contribution in [-0.2, 0) is 6.54 Å². The van der Waals surface area contributed by atoms with Crippen LogP contribution >= 0.6 is 0 Å². The highest BCUT2D eigenvalue weighted by atomic mass is 16.7. The van der Waals surface area contributed by atoms with Crippen molar-refractivity contribution in [2.45, 2.75) is 20.4 Å². The van der Waals surface area contributed by atoms with Gasteiger partial charge in [-0.2, -0.15) is 0 Å². The lowest BCUT2D eigenvalue weighted by molar-refractivity contribution is 0.0950. The summed E-state index contributed by atoms with van der Waals surface area (Å²) in [6, 6.07) is 9.26. The van der Waals surface area contributed by atoms with E-state index < -0.39 is 0 Å². The Morgan fingerprint density at radius 2 is 1.91 bits per heavy atom. The van der Waals surface area contributed by atoms with E-state index in [0.717, 1.165) is 28.2 Å². The van der Waals surface area contributed by atoms with Crippen LogP contribution in [0, 0.1) is 13.8 Å². The number of hydrogen-bond donors (Lipinski definition) is 1. The Balaban J connectivity index is 1.71. The number of rotatable bonds is 4. The normalized spacial score (nSPS) is 12.1. The van der Waals surface area contributed by atoms with Crippen molar-refractivity contribution in [1.82, 2.24) is 5.32 Å². The topological polar surface area (TPSA) is 56.8 Å². The van der Waals surface area contributed by atoms with Crippen LogP contribution in [0.1, 0.15) is 27.0 Å². The summed E-state index contributed by atoms with van der Waals surface area (Å²) in [7, 11) is 1.63. The van der Waals surface area contributed by atoms with Crippen molar-refractivity contribution in [2.75, 3.05) is 13.9 Å². The molecule has 3 rings (SSSR count). The van der Waals surface area contributed by atoms with Crippen molar-refractivity contribution < 1.29 is 19.0 Å². The second-order valence-electron chi connectivity index (χ2n) is 5.44. The molecule has 0 saturated carbocycles. The molecule has 1 N–H and O–H groups in total. The number of ether oxygens (including phenoxy) is 3. The highest BCUT2D eigenvalue weighted by Crippen LogP contribution is 2.32. The molecule has 1 aliphatic rings. The van der Waals surface area contributed by atoms with Gasteiger partial charge in [0, 0.05) is 12.1 Å². The first-order chi connectivity index (χ1) is 11.1. The van der Waals surface area contributed by atoms with Gasteiger partial charge in [0.2, 0.25) is 6.79 Å². The second-order valence-corrected chi connectivity index (χ2v) is 5.44. The Bertz CT molecular complexity index is 755. The van der Waals surface area contributed by atoms with Gasteiger partial charge < -0.3 is 19.5 Å². The van der Waals surface area contributed by atoms with Gasteiger partial charge in [-0.1, -0.05) is 6.07 Å². The first-order valence-electron chi connectivity index (χ1n) is 7.41. The number of amides is 1. The maximum absolute atomic E-state index is 12.4. The zero-order chi connectivity index (χ0) is 16.4. The molecule has 2 aromatic carbocycles. The molecule has 0 spiro atoms. The van der Waals surface area contributed by atoms with Crippen molar-refractivity contribution in [3.05, 3.63) is 52.6 Å². The van der Waals surface area contributed by atoms with E-state index in [0.29, 0.717) is 17.9 Å². The van der Waals surface area contributed by atoms with Crippen LogP contribution < -0.4 is 19.5 Å². The third-order valence-electron chi connectivity index (χ3n) is 4.09. The molecule has 5 heteroatoms. The Morgan fingerprint density at radius 3 is 2.70 bits per heavy atom.